The summed E-state index contributed by atoms with van der Waals surface area (Å²) in [5.74, 6) is -3.47. The largest absolute Gasteiger partial charge is 0.419 e. The molecule has 1 aliphatic rings. The lowest BCUT2D eigenvalue weighted by molar-refractivity contribution is -0.222. The van der Waals surface area contributed by atoms with Gasteiger partial charge in [0.2, 0.25) is 0 Å². The molecule has 0 spiro atoms. The van der Waals surface area contributed by atoms with Crippen LogP contribution in [0.15, 0.2) is 42.2 Å². The van der Waals surface area contributed by atoms with E-state index in [1.54, 1.807) is 18.5 Å². The maximum Gasteiger partial charge on any atom is 0.348 e. The Balaban J connectivity index is 2.07. The highest BCUT2D eigenvalue weighted by Crippen LogP contribution is 2.26. The standard InChI is InChI=1S/C16H13FN2O4/c1-16(2)22-14(20)12(15(21)23-16)9-10-8-11(17)4-5-13(10)19-7-3-6-18-19/h3-9H,1-2H3. The molecule has 23 heavy (non-hydrogen) atoms. The van der Waals surface area contributed by atoms with Gasteiger partial charge in [0.25, 0.3) is 5.79 Å². The molecule has 0 bridgehead atoms. The first-order valence-corrected chi connectivity index (χ1v) is 6.84. The molecule has 6 nitrogen and oxygen atoms in total. The van der Waals surface area contributed by atoms with E-state index in [1.165, 1.54) is 42.8 Å². The van der Waals surface area contributed by atoms with E-state index < -0.39 is 23.5 Å². The van der Waals surface area contributed by atoms with Crippen LogP contribution in [0.1, 0.15) is 19.4 Å². The predicted octanol–water partition coefficient (Wildman–Crippen LogP) is 2.23. The van der Waals surface area contributed by atoms with Crippen molar-refractivity contribution in [2.75, 3.05) is 0 Å². The van der Waals surface area contributed by atoms with Crippen molar-refractivity contribution in [2.45, 2.75) is 19.6 Å². The minimum atomic E-state index is -1.32. The number of cyclic esters (lactones) is 2. The predicted molar refractivity (Wildman–Crippen MR) is 77.8 cm³/mol. The molecule has 0 N–H and O–H groups in total. The number of halogens is 1. The number of hydrogen-bond donors (Lipinski definition) is 0. The Morgan fingerprint density at radius 2 is 1.91 bits per heavy atom. The second-order valence-corrected chi connectivity index (χ2v) is 5.39. The number of hydrogen-bond acceptors (Lipinski definition) is 5. The second-order valence-electron chi connectivity index (χ2n) is 5.39. The molecule has 1 aromatic carbocycles. The van der Waals surface area contributed by atoms with Crippen LogP contribution in [0.3, 0.4) is 0 Å². The van der Waals surface area contributed by atoms with Crippen LogP contribution in [0, 0.1) is 5.82 Å². The summed E-state index contributed by atoms with van der Waals surface area (Å²) in [5, 5.41) is 4.06. The smallest absolute Gasteiger partial charge is 0.348 e. The monoisotopic (exact) mass is 316 g/mol. The molecule has 1 fully saturated rings. The van der Waals surface area contributed by atoms with Crippen LogP contribution in [-0.4, -0.2) is 27.5 Å². The molecule has 2 heterocycles. The fourth-order valence-electron chi connectivity index (χ4n) is 2.19. The molecule has 1 aliphatic heterocycles. The minimum absolute atomic E-state index is 0.302. The van der Waals surface area contributed by atoms with E-state index in [1.807, 2.05) is 0 Å². The molecule has 118 valence electrons. The van der Waals surface area contributed by atoms with E-state index in [-0.39, 0.29) is 5.57 Å². The number of ether oxygens (including phenoxy) is 2. The van der Waals surface area contributed by atoms with Crippen LogP contribution in [0.4, 0.5) is 4.39 Å². The summed E-state index contributed by atoms with van der Waals surface area (Å²) in [7, 11) is 0. The topological polar surface area (TPSA) is 70.4 Å². The van der Waals surface area contributed by atoms with Gasteiger partial charge >= 0.3 is 11.9 Å². The third kappa shape index (κ3) is 2.98. The lowest BCUT2D eigenvalue weighted by atomic mass is 10.1. The van der Waals surface area contributed by atoms with Crippen LogP contribution in [-0.2, 0) is 19.1 Å². The molecule has 0 amide bonds. The van der Waals surface area contributed by atoms with Gasteiger partial charge in [-0.3, -0.25) is 0 Å². The average molecular weight is 316 g/mol. The minimum Gasteiger partial charge on any atom is -0.419 e. The number of carbonyl (C=O) groups excluding carboxylic acids is 2. The Morgan fingerprint density at radius 3 is 2.52 bits per heavy atom. The van der Waals surface area contributed by atoms with E-state index >= 15 is 0 Å². The zero-order chi connectivity index (χ0) is 16.6. The summed E-state index contributed by atoms with van der Waals surface area (Å²) >= 11 is 0. The zero-order valence-electron chi connectivity index (χ0n) is 12.4. The lowest BCUT2D eigenvalue weighted by Gasteiger charge is -2.29. The van der Waals surface area contributed by atoms with Crippen molar-refractivity contribution in [3.8, 4) is 5.69 Å². The van der Waals surface area contributed by atoms with Crippen LogP contribution in [0.5, 0.6) is 0 Å². The Morgan fingerprint density at radius 1 is 1.22 bits per heavy atom. The molecule has 0 aliphatic carbocycles. The zero-order valence-corrected chi connectivity index (χ0v) is 12.4. The van der Waals surface area contributed by atoms with Gasteiger partial charge in [0.15, 0.2) is 0 Å². The first-order chi connectivity index (χ1) is 10.9. The van der Waals surface area contributed by atoms with Gasteiger partial charge in [-0.25, -0.2) is 18.7 Å². The maximum atomic E-state index is 13.6. The van der Waals surface area contributed by atoms with Crippen molar-refractivity contribution in [1.29, 1.82) is 0 Å². The fraction of sp³-hybridized carbons (Fsp3) is 0.188. The molecule has 0 unspecified atom stereocenters. The van der Waals surface area contributed by atoms with Gasteiger partial charge in [-0.15, -0.1) is 0 Å². The first-order valence-electron chi connectivity index (χ1n) is 6.84. The Hall–Kier alpha value is -2.96. The van der Waals surface area contributed by atoms with Gasteiger partial charge in [-0.05, 0) is 30.3 Å². The van der Waals surface area contributed by atoms with Crippen molar-refractivity contribution in [1.82, 2.24) is 9.78 Å². The van der Waals surface area contributed by atoms with Gasteiger partial charge in [0.05, 0.1) is 5.69 Å². The second kappa shape index (κ2) is 5.35. The molecular formula is C16H13FN2O4. The summed E-state index contributed by atoms with van der Waals surface area (Å²) in [6, 6.07) is 5.66. The van der Waals surface area contributed by atoms with Crippen molar-refractivity contribution < 1.29 is 23.5 Å². The summed E-state index contributed by atoms with van der Waals surface area (Å²) < 4.78 is 25.1. The highest BCUT2D eigenvalue weighted by Gasteiger charge is 2.39. The molecule has 7 heteroatoms. The molecule has 0 saturated carbocycles. The van der Waals surface area contributed by atoms with E-state index in [0.717, 1.165) is 0 Å². The molecule has 1 aromatic heterocycles. The van der Waals surface area contributed by atoms with Gasteiger partial charge in [-0.1, -0.05) is 0 Å². The highest BCUT2D eigenvalue weighted by atomic mass is 19.1. The number of nitrogens with zero attached hydrogens (tertiary/aromatic N) is 2. The normalized spacial score (nSPS) is 16.7. The molecule has 3 rings (SSSR count). The van der Waals surface area contributed by atoms with Crippen molar-refractivity contribution in [3.05, 3.63) is 53.6 Å². The first kappa shape index (κ1) is 15.0. The van der Waals surface area contributed by atoms with Gasteiger partial charge < -0.3 is 9.47 Å². The van der Waals surface area contributed by atoms with Crippen LogP contribution in [0.25, 0.3) is 11.8 Å². The number of carbonyl (C=O) groups is 2. The van der Waals surface area contributed by atoms with Gasteiger partial charge in [0.1, 0.15) is 11.4 Å². The van der Waals surface area contributed by atoms with E-state index in [9.17, 15) is 14.0 Å². The quantitative estimate of drug-likeness (QED) is 0.483. The van der Waals surface area contributed by atoms with E-state index in [2.05, 4.69) is 5.10 Å². The number of benzene rings is 1. The highest BCUT2D eigenvalue weighted by molar-refractivity contribution is 6.19. The summed E-state index contributed by atoms with van der Waals surface area (Å²) in [5.41, 5.74) is 0.509. The molecule has 0 radical (unpaired) electrons. The molecule has 1 saturated heterocycles. The van der Waals surface area contributed by atoms with Crippen LogP contribution in [0.2, 0.25) is 0 Å². The average Bonchev–Trinajstić information content (AvgIpc) is 2.96. The maximum absolute atomic E-state index is 13.6. The molecular weight excluding hydrogens is 303 g/mol. The Kier molecular flexibility index (Phi) is 3.48. The molecule has 0 atom stereocenters. The summed E-state index contributed by atoms with van der Waals surface area (Å²) in [6.07, 6.45) is 4.46. The lowest BCUT2D eigenvalue weighted by Crippen LogP contribution is -2.41. The number of esters is 2. The van der Waals surface area contributed by atoms with Crippen LogP contribution >= 0.6 is 0 Å². The van der Waals surface area contributed by atoms with Crippen molar-refractivity contribution >= 4 is 18.0 Å². The van der Waals surface area contributed by atoms with Crippen molar-refractivity contribution in [3.63, 3.8) is 0 Å². The summed E-state index contributed by atoms with van der Waals surface area (Å²) in [4.78, 5) is 24.0. The number of aromatic nitrogens is 2. The number of rotatable bonds is 2. The molecule has 2 aromatic rings. The third-order valence-electron chi connectivity index (χ3n) is 3.16. The third-order valence-corrected chi connectivity index (χ3v) is 3.16. The summed E-state index contributed by atoms with van der Waals surface area (Å²) in [6.45, 7) is 2.91. The van der Waals surface area contributed by atoms with Gasteiger partial charge in [-0.2, -0.15) is 5.10 Å². The van der Waals surface area contributed by atoms with Gasteiger partial charge in [0, 0.05) is 31.8 Å². The fourth-order valence-corrected chi connectivity index (χ4v) is 2.19. The van der Waals surface area contributed by atoms with E-state index in [0.29, 0.717) is 11.3 Å². The van der Waals surface area contributed by atoms with Crippen LogP contribution < -0.4 is 0 Å². The SMILES string of the molecule is CC1(C)OC(=O)C(=Cc2cc(F)ccc2-n2cccn2)C(=O)O1. The van der Waals surface area contributed by atoms with E-state index in [4.69, 9.17) is 9.47 Å². The van der Waals surface area contributed by atoms with Crippen molar-refractivity contribution in [2.24, 2.45) is 0 Å². The Bertz CT molecular complexity index is 787. The Labute approximate surface area is 131 Å².